The number of methoxy groups -OCH3 is 1. The minimum absolute atomic E-state index is 0.0805. The molecule has 0 bridgehead atoms. The summed E-state index contributed by atoms with van der Waals surface area (Å²) in [6, 6.07) is 5.26. The lowest BCUT2D eigenvalue weighted by Gasteiger charge is -2.10. The van der Waals surface area contributed by atoms with E-state index in [-0.39, 0.29) is 5.75 Å². The largest absolute Gasteiger partial charge is 0.495 e. The van der Waals surface area contributed by atoms with Crippen LogP contribution in [-0.4, -0.2) is 38.7 Å². The summed E-state index contributed by atoms with van der Waals surface area (Å²) < 4.78 is 6.93. The molecule has 20 heavy (non-hydrogen) atoms. The van der Waals surface area contributed by atoms with Crippen LogP contribution in [0.4, 0.5) is 0 Å². The van der Waals surface area contributed by atoms with E-state index in [4.69, 9.17) is 21.4 Å². The molecule has 0 aliphatic carbocycles. The molecule has 0 radical (unpaired) electrons. The topological polar surface area (TPSA) is 77.2 Å². The van der Waals surface area contributed by atoms with Crippen molar-refractivity contribution in [3.8, 4) is 11.4 Å². The highest BCUT2D eigenvalue weighted by atomic mass is 35.5. The number of carboxylic acids is 1. The molecule has 2 rings (SSSR count). The van der Waals surface area contributed by atoms with Gasteiger partial charge in [0.1, 0.15) is 11.6 Å². The molecule has 0 spiro atoms. The minimum Gasteiger partial charge on any atom is -0.495 e. The molecule has 0 saturated carbocycles. The second-order valence-corrected chi connectivity index (χ2v) is 5.22. The van der Waals surface area contributed by atoms with E-state index in [0.29, 0.717) is 21.8 Å². The molecule has 0 atom stereocenters. The molecule has 6 nitrogen and oxygen atoms in total. The SMILES string of the molecule is COc1cc(-n2c(C)nnc2SCC(=O)O)ccc1Cl. The third-order valence-corrected chi connectivity index (χ3v) is 3.74. The Morgan fingerprint density at radius 3 is 2.90 bits per heavy atom. The van der Waals surface area contributed by atoms with Crippen LogP contribution in [0.1, 0.15) is 5.82 Å². The zero-order chi connectivity index (χ0) is 14.7. The second kappa shape index (κ2) is 6.15. The van der Waals surface area contributed by atoms with E-state index < -0.39 is 5.97 Å². The molecule has 1 aromatic heterocycles. The quantitative estimate of drug-likeness (QED) is 0.854. The van der Waals surface area contributed by atoms with Gasteiger partial charge in [0.2, 0.25) is 0 Å². The number of aryl methyl sites for hydroxylation is 1. The van der Waals surface area contributed by atoms with Gasteiger partial charge in [-0.05, 0) is 19.1 Å². The van der Waals surface area contributed by atoms with Gasteiger partial charge in [0.15, 0.2) is 5.16 Å². The maximum atomic E-state index is 10.7. The molecule has 8 heteroatoms. The van der Waals surface area contributed by atoms with Crippen LogP contribution in [0.15, 0.2) is 23.4 Å². The van der Waals surface area contributed by atoms with Crippen LogP contribution in [0.25, 0.3) is 5.69 Å². The van der Waals surface area contributed by atoms with Gasteiger partial charge in [-0.25, -0.2) is 0 Å². The Balaban J connectivity index is 2.41. The summed E-state index contributed by atoms with van der Waals surface area (Å²) in [7, 11) is 1.53. The van der Waals surface area contributed by atoms with Crippen LogP contribution in [0.5, 0.6) is 5.75 Å². The highest BCUT2D eigenvalue weighted by molar-refractivity contribution is 7.99. The molecule has 0 unspecified atom stereocenters. The van der Waals surface area contributed by atoms with Crippen molar-refractivity contribution in [1.82, 2.24) is 14.8 Å². The number of carbonyl (C=O) groups is 1. The van der Waals surface area contributed by atoms with Gasteiger partial charge in [0, 0.05) is 6.07 Å². The highest BCUT2D eigenvalue weighted by Gasteiger charge is 2.14. The maximum Gasteiger partial charge on any atom is 0.313 e. The minimum atomic E-state index is -0.907. The lowest BCUT2D eigenvalue weighted by Crippen LogP contribution is -2.03. The Hall–Kier alpha value is -1.73. The van der Waals surface area contributed by atoms with Crippen LogP contribution in [-0.2, 0) is 4.79 Å². The summed E-state index contributed by atoms with van der Waals surface area (Å²) in [6.45, 7) is 1.79. The van der Waals surface area contributed by atoms with E-state index >= 15 is 0 Å². The molecular weight excluding hydrogens is 302 g/mol. The van der Waals surface area contributed by atoms with E-state index in [1.807, 2.05) is 0 Å². The molecule has 0 saturated heterocycles. The molecular formula is C12H12ClN3O3S. The first-order valence-electron chi connectivity index (χ1n) is 5.63. The van der Waals surface area contributed by atoms with E-state index in [2.05, 4.69) is 10.2 Å². The highest BCUT2D eigenvalue weighted by Crippen LogP contribution is 2.29. The Labute approximate surface area is 124 Å². The van der Waals surface area contributed by atoms with E-state index in [1.54, 1.807) is 29.7 Å². The van der Waals surface area contributed by atoms with E-state index in [1.165, 1.54) is 7.11 Å². The molecule has 2 aromatic rings. The van der Waals surface area contributed by atoms with Gasteiger partial charge >= 0.3 is 5.97 Å². The predicted molar refractivity (Wildman–Crippen MR) is 76.0 cm³/mol. The predicted octanol–water partition coefficient (Wildman–Crippen LogP) is 2.41. The number of nitrogens with zero attached hydrogens (tertiary/aromatic N) is 3. The van der Waals surface area contributed by atoms with E-state index in [9.17, 15) is 4.79 Å². The number of thioether (sulfide) groups is 1. The fourth-order valence-electron chi connectivity index (χ4n) is 1.65. The molecule has 1 heterocycles. The Morgan fingerprint density at radius 1 is 1.50 bits per heavy atom. The van der Waals surface area contributed by atoms with Crippen LogP contribution in [0.3, 0.4) is 0 Å². The molecule has 0 amide bonds. The van der Waals surface area contributed by atoms with E-state index in [0.717, 1.165) is 17.4 Å². The maximum absolute atomic E-state index is 10.7. The van der Waals surface area contributed by atoms with Crippen molar-refractivity contribution in [2.45, 2.75) is 12.1 Å². The lowest BCUT2D eigenvalue weighted by atomic mass is 10.3. The van der Waals surface area contributed by atoms with Crippen molar-refractivity contribution in [2.75, 3.05) is 12.9 Å². The molecule has 0 aliphatic heterocycles. The van der Waals surface area contributed by atoms with Crippen LogP contribution < -0.4 is 4.74 Å². The van der Waals surface area contributed by atoms with Crippen molar-refractivity contribution in [1.29, 1.82) is 0 Å². The fourth-order valence-corrected chi connectivity index (χ4v) is 2.56. The molecule has 1 N–H and O–H groups in total. The Kier molecular flexibility index (Phi) is 4.51. The second-order valence-electron chi connectivity index (χ2n) is 3.87. The molecule has 106 valence electrons. The van der Waals surface area contributed by atoms with Crippen molar-refractivity contribution in [3.63, 3.8) is 0 Å². The normalized spacial score (nSPS) is 10.6. The average molecular weight is 314 g/mol. The average Bonchev–Trinajstić information content (AvgIpc) is 2.78. The molecule has 1 aromatic carbocycles. The van der Waals surface area contributed by atoms with Crippen LogP contribution >= 0.6 is 23.4 Å². The zero-order valence-electron chi connectivity index (χ0n) is 10.8. The third kappa shape index (κ3) is 3.05. The zero-order valence-corrected chi connectivity index (χ0v) is 12.4. The Morgan fingerprint density at radius 2 is 2.25 bits per heavy atom. The number of halogens is 1. The fraction of sp³-hybridized carbons (Fsp3) is 0.250. The van der Waals surface area contributed by atoms with Gasteiger partial charge in [-0.1, -0.05) is 23.4 Å². The molecule has 0 fully saturated rings. The van der Waals surface area contributed by atoms with Gasteiger partial charge in [0.25, 0.3) is 0 Å². The monoisotopic (exact) mass is 313 g/mol. The number of aromatic nitrogens is 3. The summed E-state index contributed by atoms with van der Waals surface area (Å²) in [5, 5.41) is 17.7. The number of hydrogen-bond acceptors (Lipinski definition) is 5. The third-order valence-electron chi connectivity index (χ3n) is 2.51. The lowest BCUT2D eigenvalue weighted by molar-refractivity contribution is -0.133. The van der Waals surface area contributed by atoms with Crippen LogP contribution in [0, 0.1) is 6.92 Å². The summed E-state index contributed by atoms with van der Waals surface area (Å²) >= 11 is 7.10. The van der Waals surface area contributed by atoms with Gasteiger partial charge in [-0.3, -0.25) is 9.36 Å². The smallest absolute Gasteiger partial charge is 0.313 e. The van der Waals surface area contributed by atoms with Crippen molar-refractivity contribution in [2.24, 2.45) is 0 Å². The number of ether oxygens (including phenoxy) is 1. The number of aliphatic carboxylic acids is 1. The number of carboxylic acid groups (broad SMARTS) is 1. The summed E-state index contributed by atoms with van der Waals surface area (Å²) in [4.78, 5) is 10.7. The standard InChI is InChI=1S/C12H12ClN3O3S/c1-7-14-15-12(20-6-11(17)18)16(7)8-3-4-9(13)10(5-8)19-2/h3-5H,6H2,1-2H3,(H,17,18). The molecule has 0 aliphatic rings. The van der Waals surface area contributed by atoms with Gasteiger partial charge in [0.05, 0.1) is 23.6 Å². The van der Waals surface area contributed by atoms with Crippen molar-refractivity contribution < 1.29 is 14.6 Å². The number of hydrogen-bond donors (Lipinski definition) is 1. The van der Waals surface area contributed by atoms with Gasteiger partial charge in [-0.15, -0.1) is 10.2 Å². The van der Waals surface area contributed by atoms with Crippen LogP contribution in [0.2, 0.25) is 5.02 Å². The van der Waals surface area contributed by atoms with Crippen molar-refractivity contribution in [3.05, 3.63) is 29.0 Å². The number of rotatable bonds is 5. The first-order chi connectivity index (χ1) is 9.52. The Bertz CT molecular complexity index is 645. The summed E-state index contributed by atoms with van der Waals surface area (Å²) in [6.07, 6.45) is 0. The van der Waals surface area contributed by atoms with Crippen molar-refractivity contribution >= 4 is 29.3 Å². The van der Waals surface area contributed by atoms with Gasteiger partial charge in [-0.2, -0.15) is 0 Å². The first-order valence-corrected chi connectivity index (χ1v) is 7.00. The first kappa shape index (κ1) is 14.7. The summed E-state index contributed by atoms with van der Waals surface area (Å²) in [5.41, 5.74) is 0.765. The summed E-state index contributed by atoms with van der Waals surface area (Å²) in [5.74, 6) is 0.202. The van der Waals surface area contributed by atoms with Gasteiger partial charge < -0.3 is 9.84 Å². The number of benzene rings is 1.